The topological polar surface area (TPSA) is 109 Å². The predicted octanol–water partition coefficient (Wildman–Crippen LogP) is 0.375. The van der Waals surface area contributed by atoms with E-state index in [1.165, 1.54) is 6.33 Å². The quantitative estimate of drug-likeness (QED) is 0.621. The third kappa shape index (κ3) is 1.44. The Labute approximate surface area is 96.1 Å². The average molecular weight is 227 g/mol. The molecule has 0 aliphatic heterocycles. The second-order valence-corrected chi connectivity index (χ2v) is 3.50. The third-order valence-corrected chi connectivity index (χ3v) is 2.38. The molecular formula is C10H9N7. The molecule has 7 heteroatoms. The van der Waals surface area contributed by atoms with Gasteiger partial charge in [-0.1, -0.05) is 0 Å². The largest absolute Gasteiger partial charge is 0.399 e. The van der Waals surface area contributed by atoms with Gasteiger partial charge in [-0.2, -0.15) is 9.78 Å². The number of rotatable bonds is 1. The first kappa shape index (κ1) is 9.52. The summed E-state index contributed by atoms with van der Waals surface area (Å²) in [6.45, 7) is 0. The number of pyridine rings is 1. The Morgan fingerprint density at radius 1 is 1.12 bits per heavy atom. The Morgan fingerprint density at radius 2 is 2.00 bits per heavy atom. The molecule has 7 nitrogen and oxygen atoms in total. The van der Waals surface area contributed by atoms with E-state index in [2.05, 4.69) is 20.1 Å². The summed E-state index contributed by atoms with van der Waals surface area (Å²) in [5.74, 6) is 0.989. The van der Waals surface area contributed by atoms with Gasteiger partial charge in [0.15, 0.2) is 11.5 Å². The van der Waals surface area contributed by atoms with Crippen LogP contribution in [0.25, 0.3) is 16.9 Å². The highest BCUT2D eigenvalue weighted by Gasteiger charge is 2.09. The Kier molecular flexibility index (Phi) is 1.91. The molecule has 0 aliphatic carbocycles. The van der Waals surface area contributed by atoms with Crippen molar-refractivity contribution in [2.75, 3.05) is 11.5 Å². The molecule has 17 heavy (non-hydrogen) atoms. The van der Waals surface area contributed by atoms with Crippen molar-refractivity contribution in [3.63, 3.8) is 0 Å². The molecular weight excluding hydrogens is 218 g/mol. The lowest BCUT2D eigenvalue weighted by Gasteiger charge is -2.02. The minimum absolute atomic E-state index is 0.394. The van der Waals surface area contributed by atoms with Crippen molar-refractivity contribution in [2.45, 2.75) is 0 Å². The fourth-order valence-electron chi connectivity index (χ4n) is 1.58. The molecule has 84 valence electrons. The van der Waals surface area contributed by atoms with Crippen LogP contribution >= 0.6 is 0 Å². The van der Waals surface area contributed by atoms with E-state index in [0.29, 0.717) is 28.4 Å². The standard InChI is InChI=1S/C10H9N7/c11-6-1-2-13-8(3-6)17-10-7(4-16-17)9(12)14-5-15-10/h1-5H,(H2,11,13)(H2,12,14,15). The summed E-state index contributed by atoms with van der Waals surface area (Å²) in [5.41, 5.74) is 12.6. The van der Waals surface area contributed by atoms with Gasteiger partial charge in [0.05, 0.1) is 11.6 Å². The first-order valence-electron chi connectivity index (χ1n) is 4.92. The van der Waals surface area contributed by atoms with Crippen molar-refractivity contribution in [2.24, 2.45) is 0 Å². The van der Waals surface area contributed by atoms with Crippen molar-refractivity contribution in [3.05, 3.63) is 30.9 Å². The van der Waals surface area contributed by atoms with E-state index < -0.39 is 0 Å². The summed E-state index contributed by atoms with van der Waals surface area (Å²) < 4.78 is 1.57. The molecule has 3 heterocycles. The monoisotopic (exact) mass is 227 g/mol. The zero-order chi connectivity index (χ0) is 11.8. The van der Waals surface area contributed by atoms with Gasteiger partial charge in [0.1, 0.15) is 12.1 Å². The molecule has 0 radical (unpaired) electrons. The number of fused-ring (bicyclic) bond motifs is 1. The molecule has 4 N–H and O–H groups in total. The van der Waals surface area contributed by atoms with Gasteiger partial charge in [-0.25, -0.2) is 15.0 Å². The molecule has 0 unspecified atom stereocenters. The molecule has 0 spiro atoms. The van der Waals surface area contributed by atoms with Crippen LogP contribution in [0.2, 0.25) is 0 Å². The summed E-state index contributed by atoms with van der Waals surface area (Å²) in [7, 11) is 0. The molecule has 0 amide bonds. The van der Waals surface area contributed by atoms with Crippen LogP contribution < -0.4 is 11.5 Å². The van der Waals surface area contributed by atoms with Crippen molar-refractivity contribution < 1.29 is 0 Å². The molecule has 0 saturated carbocycles. The van der Waals surface area contributed by atoms with E-state index in [4.69, 9.17) is 11.5 Å². The summed E-state index contributed by atoms with van der Waals surface area (Å²) in [5, 5.41) is 4.88. The molecule has 3 aromatic rings. The minimum atomic E-state index is 0.394. The van der Waals surface area contributed by atoms with Crippen LogP contribution in [0.15, 0.2) is 30.9 Å². The lowest BCUT2D eigenvalue weighted by molar-refractivity contribution is 0.862. The van der Waals surface area contributed by atoms with E-state index in [9.17, 15) is 0 Å². The Morgan fingerprint density at radius 3 is 2.82 bits per heavy atom. The van der Waals surface area contributed by atoms with Crippen LogP contribution in [-0.2, 0) is 0 Å². The third-order valence-electron chi connectivity index (χ3n) is 2.38. The van der Waals surface area contributed by atoms with Crippen LogP contribution in [0.4, 0.5) is 11.5 Å². The molecule has 0 fully saturated rings. The van der Waals surface area contributed by atoms with Crippen LogP contribution in [-0.4, -0.2) is 24.7 Å². The zero-order valence-corrected chi connectivity index (χ0v) is 8.78. The summed E-state index contributed by atoms with van der Waals surface area (Å²) in [6, 6.07) is 3.42. The zero-order valence-electron chi connectivity index (χ0n) is 8.78. The number of nitrogens with two attached hydrogens (primary N) is 2. The molecule has 0 atom stereocenters. The Balaban J connectivity index is 2.28. The number of nitrogen functional groups attached to an aromatic ring is 2. The van der Waals surface area contributed by atoms with Crippen LogP contribution in [0.3, 0.4) is 0 Å². The van der Waals surface area contributed by atoms with Crippen molar-refractivity contribution in [3.8, 4) is 5.82 Å². The van der Waals surface area contributed by atoms with Crippen molar-refractivity contribution >= 4 is 22.5 Å². The number of hydrogen-bond acceptors (Lipinski definition) is 6. The van der Waals surface area contributed by atoms with Crippen LogP contribution in [0, 0.1) is 0 Å². The fourth-order valence-corrected chi connectivity index (χ4v) is 1.58. The highest BCUT2D eigenvalue weighted by molar-refractivity contribution is 5.85. The van der Waals surface area contributed by atoms with E-state index >= 15 is 0 Å². The second kappa shape index (κ2) is 3.41. The maximum absolute atomic E-state index is 5.73. The number of aromatic nitrogens is 5. The molecule has 0 aliphatic rings. The Hall–Kier alpha value is -2.70. The van der Waals surface area contributed by atoms with Crippen molar-refractivity contribution in [1.29, 1.82) is 0 Å². The SMILES string of the molecule is Nc1ccnc(-n2ncc3c(N)ncnc32)c1. The molecule has 0 bridgehead atoms. The highest BCUT2D eigenvalue weighted by atomic mass is 15.3. The van der Waals surface area contributed by atoms with Gasteiger partial charge in [-0.05, 0) is 6.07 Å². The Bertz CT molecular complexity index is 688. The van der Waals surface area contributed by atoms with Crippen LogP contribution in [0.5, 0.6) is 0 Å². The number of hydrogen-bond donors (Lipinski definition) is 2. The van der Waals surface area contributed by atoms with Gasteiger partial charge >= 0.3 is 0 Å². The van der Waals surface area contributed by atoms with Gasteiger partial charge in [0, 0.05) is 18.0 Å². The molecule has 0 aromatic carbocycles. The predicted molar refractivity (Wildman–Crippen MR) is 63.3 cm³/mol. The molecule has 3 aromatic heterocycles. The van der Waals surface area contributed by atoms with E-state index in [1.54, 1.807) is 29.2 Å². The normalized spacial score (nSPS) is 10.8. The van der Waals surface area contributed by atoms with E-state index in [0.717, 1.165) is 0 Å². The smallest absolute Gasteiger partial charge is 0.170 e. The van der Waals surface area contributed by atoms with Crippen LogP contribution in [0.1, 0.15) is 0 Å². The van der Waals surface area contributed by atoms with Crippen molar-refractivity contribution in [1.82, 2.24) is 24.7 Å². The second-order valence-electron chi connectivity index (χ2n) is 3.50. The lowest BCUT2D eigenvalue weighted by atomic mass is 10.4. The van der Waals surface area contributed by atoms with Gasteiger partial charge in [-0.15, -0.1) is 0 Å². The lowest BCUT2D eigenvalue weighted by Crippen LogP contribution is -2.02. The van der Waals surface area contributed by atoms with E-state index in [-0.39, 0.29) is 0 Å². The van der Waals surface area contributed by atoms with Gasteiger partial charge in [0.2, 0.25) is 0 Å². The number of nitrogens with zero attached hydrogens (tertiary/aromatic N) is 5. The summed E-state index contributed by atoms with van der Waals surface area (Å²) in [4.78, 5) is 12.2. The highest BCUT2D eigenvalue weighted by Crippen LogP contribution is 2.18. The first-order valence-corrected chi connectivity index (χ1v) is 4.92. The first-order chi connectivity index (χ1) is 8.25. The molecule has 0 saturated heterocycles. The van der Waals surface area contributed by atoms with Gasteiger partial charge in [-0.3, -0.25) is 0 Å². The minimum Gasteiger partial charge on any atom is -0.399 e. The summed E-state index contributed by atoms with van der Waals surface area (Å²) in [6.07, 6.45) is 4.61. The average Bonchev–Trinajstić information content (AvgIpc) is 2.74. The van der Waals surface area contributed by atoms with E-state index in [1.807, 2.05) is 0 Å². The van der Waals surface area contributed by atoms with Gasteiger partial charge in [0.25, 0.3) is 0 Å². The summed E-state index contributed by atoms with van der Waals surface area (Å²) >= 11 is 0. The maximum Gasteiger partial charge on any atom is 0.170 e. The fraction of sp³-hybridized carbons (Fsp3) is 0. The number of anilines is 2. The molecule has 3 rings (SSSR count). The van der Waals surface area contributed by atoms with Gasteiger partial charge < -0.3 is 11.5 Å². The maximum atomic E-state index is 5.73.